The third-order valence-corrected chi connectivity index (χ3v) is 5.12. The van der Waals surface area contributed by atoms with Crippen LogP contribution in [0.15, 0.2) is 47.3 Å². The van der Waals surface area contributed by atoms with Gasteiger partial charge in [0.25, 0.3) is 11.5 Å². The van der Waals surface area contributed by atoms with E-state index in [-0.39, 0.29) is 23.3 Å². The maximum absolute atomic E-state index is 13.3. The average Bonchev–Trinajstić information content (AvgIpc) is 2.75. The van der Waals surface area contributed by atoms with Crippen molar-refractivity contribution >= 4 is 22.8 Å². The molecule has 0 aliphatic carbocycles. The molecule has 2 aromatic carbocycles. The van der Waals surface area contributed by atoms with E-state index in [1.807, 2.05) is 5.32 Å². The molecule has 0 spiro atoms. The van der Waals surface area contributed by atoms with Crippen LogP contribution < -0.4 is 15.6 Å². The number of halogens is 3. The number of carbonyl (C=O) groups is 2. The van der Waals surface area contributed by atoms with Crippen LogP contribution in [0, 0.1) is 0 Å². The molecule has 1 aliphatic heterocycles. The number of amides is 1. The highest BCUT2D eigenvalue weighted by Gasteiger charge is 2.33. The number of benzene rings is 2. The first-order valence-electron chi connectivity index (χ1n) is 9.29. The number of nitrogens with one attached hydrogen (secondary N) is 1. The summed E-state index contributed by atoms with van der Waals surface area (Å²) in [7, 11) is 0. The number of carboxylic acids is 1. The van der Waals surface area contributed by atoms with Gasteiger partial charge in [0.15, 0.2) is 0 Å². The van der Waals surface area contributed by atoms with Crippen molar-refractivity contribution in [3.8, 4) is 11.5 Å². The Bertz CT molecular complexity index is 1300. The lowest BCUT2D eigenvalue weighted by atomic mass is 10.0. The number of hydrogen-bond acceptors (Lipinski definition) is 5. The lowest BCUT2D eigenvalue weighted by Gasteiger charge is -2.29. The van der Waals surface area contributed by atoms with E-state index in [0.29, 0.717) is 5.56 Å². The lowest BCUT2D eigenvalue weighted by Crippen LogP contribution is -2.39. The summed E-state index contributed by atoms with van der Waals surface area (Å²) < 4.78 is 45.6. The van der Waals surface area contributed by atoms with E-state index in [9.17, 15) is 32.7 Å². The molecule has 0 bridgehead atoms. The first kappa shape index (κ1) is 21.2. The normalized spacial score (nSPS) is 15.3. The number of aliphatic carboxylic acids is 1. The summed E-state index contributed by atoms with van der Waals surface area (Å²) >= 11 is 0. The second kappa shape index (κ2) is 7.59. The SMILES string of the molecule is O=C(O)CNC(=O)c1c(O)c2cccc3c2n(c1=O)[C@H](c1ccc(C(F)(F)F)cc1)CO3. The Morgan fingerprint density at radius 1 is 1.16 bits per heavy atom. The summed E-state index contributed by atoms with van der Waals surface area (Å²) in [5.41, 5.74) is -1.98. The molecule has 0 saturated carbocycles. The van der Waals surface area contributed by atoms with Crippen molar-refractivity contribution in [2.45, 2.75) is 12.2 Å². The largest absolute Gasteiger partial charge is 0.506 e. The van der Waals surface area contributed by atoms with Crippen LogP contribution >= 0.6 is 0 Å². The van der Waals surface area contributed by atoms with Crippen molar-refractivity contribution in [2.24, 2.45) is 0 Å². The molecule has 3 N–H and O–H groups in total. The van der Waals surface area contributed by atoms with E-state index < -0.39 is 53.1 Å². The monoisotopic (exact) mass is 448 g/mol. The number of ether oxygens (including phenoxy) is 1. The van der Waals surface area contributed by atoms with Crippen LogP contribution in [0.1, 0.15) is 27.5 Å². The molecule has 11 heteroatoms. The van der Waals surface area contributed by atoms with E-state index in [1.165, 1.54) is 28.8 Å². The van der Waals surface area contributed by atoms with Crippen molar-refractivity contribution in [3.63, 3.8) is 0 Å². The maximum Gasteiger partial charge on any atom is 0.416 e. The molecule has 32 heavy (non-hydrogen) atoms. The molecular weight excluding hydrogens is 433 g/mol. The molecule has 1 amide bonds. The molecule has 8 nitrogen and oxygen atoms in total. The first-order valence-corrected chi connectivity index (χ1v) is 9.29. The molecule has 0 fully saturated rings. The van der Waals surface area contributed by atoms with Crippen LogP contribution in [0.5, 0.6) is 11.5 Å². The molecule has 1 aromatic heterocycles. The van der Waals surface area contributed by atoms with Gasteiger partial charge < -0.3 is 20.3 Å². The second-order valence-electron chi connectivity index (χ2n) is 7.07. The highest BCUT2D eigenvalue weighted by Crippen LogP contribution is 2.39. The van der Waals surface area contributed by atoms with Gasteiger partial charge in [-0.05, 0) is 29.8 Å². The third-order valence-electron chi connectivity index (χ3n) is 5.12. The molecule has 1 atom stereocenters. The van der Waals surface area contributed by atoms with Gasteiger partial charge in [0.1, 0.15) is 30.2 Å². The van der Waals surface area contributed by atoms with Gasteiger partial charge in [-0.15, -0.1) is 0 Å². The number of para-hydroxylation sites is 1. The highest BCUT2D eigenvalue weighted by atomic mass is 19.4. The van der Waals surface area contributed by atoms with Gasteiger partial charge in [-0.3, -0.25) is 19.0 Å². The number of nitrogens with zero attached hydrogens (tertiary/aromatic N) is 1. The van der Waals surface area contributed by atoms with Crippen molar-refractivity contribution in [2.75, 3.05) is 13.2 Å². The first-order chi connectivity index (χ1) is 15.1. The second-order valence-corrected chi connectivity index (χ2v) is 7.07. The number of rotatable bonds is 4. The smallest absolute Gasteiger partial charge is 0.416 e. The summed E-state index contributed by atoms with van der Waals surface area (Å²) in [5, 5.41) is 21.5. The Kier molecular flexibility index (Phi) is 5.03. The number of hydrogen-bond donors (Lipinski definition) is 3. The van der Waals surface area contributed by atoms with Crippen molar-refractivity contribution < 1.29 is 37.7 Å². The van der Waals surface area contributed by atoms with Crippen LogP contribution in [-0.4, -0.2) is 39.8 Å². The molecule has 2 heterocycles. The van der Waals surface area contributed by atoms with Gasteiger partial charge >= 0.3 is 12.1 Å². The van der Waals surface area contributed by atoms with E-state index in [2.05, 4.69) is 0 Å². The van der Waals surface area contributed by atoms with Gasteiger partial charge in [0, 0.05) is 5.39 Å². The van der Waals surface area contributed by atoms with Crippen LogP contribution in [0.25, 0.3) is 10.9 Å². The fraction of sp³-hybridized carbons (Fsp3) is 0.190. The van der Waals surface area contributed by atoms with Gasteiger partial charge in [0.05, 0.1) is 17.1 Å². The molecule has 3 aromatic rings. The average molecular weight is 448 g/mol. The molecule has 0 saturated heterocycles. The predicted octanol–water partition coefficient (Wildman–Crippen LogP) is 2.52. The minimum Gasteiger partial charge on any atom is -0.506 e. The summed E-state index contributed by atoms with van der Waals surface area (Å²) in [6, 6.07) is 7.79. The number of alkyl halides is 3. The number of carboxylic acid groups (broad SMARTS) is 1. The summed E-state index contributed by atoms with van der Waals surface area (Å²) in [6.07, 6.45) is -4.54. The molecular formula is C21H15F3N2O6. The zero-order valence-electron chi connectivity index (χ0n) is 16.1. The summed E-state index contributed by atoms with van der Waals surface area (Å²) in [4.78, 5) is 36.5. The Hall–Kier alpha value is -4.02. The molecule has 4 rings (SSSR count). The highest BCUT2D eigenvalue weighted by molar-refractivity contribution is 6.04. The molecule has 0 unspecified atom stereocenters. The van der Waals surface area contributed by atoms with Crippen molar-refractivity contribution in [1.82, 2.24) is 9.88 Å². The fourth-order valence-electron chi connectivity index (χ4n) is 3.67. The maximum atomic E-state index is 13.3. The Labute approximate surface area is 177 Å². The van der Waals surface area contributed by atoms with Crippen LogP contribution in [0.2, 0.25) is 0 Å². The van der Waals surface area contributed by atoms with Crippen LogP contribution in [0.4, 0.5) is 13.2 Å². The zero-order valence-corrected chi connectivity index (χ0v) is 16.1. The van der Waals surface area contributed by atoms with Gasteiger partial charge in [-0.25, -0.2) is 0 Å². The number of pyridine rings is 1. The summed E-state index contributed by atoms with van der Waals surface area (Å²) in [5.74, 6) is -2.85. The third kappa shape index (κ3) is 3.51. The molecule has 166 valence electrons. The van der Waals surface area contributed by atoms with E-state index in [1.54, 1.807) is 6.07 Å². The lowest BCUT2D eigenvalue weighted by molar-refractivity contribution is -0.138. The van der Waals surface area contributed by atoms with E-state index in [0.717, 1.165) is 12.1 Å². The Morgan fingerprint density at radius 3 is 2.47 bits per heavy atom. The van der Waals surface area contributed by atoms with Gasteiger partial charge in [-0.1, -0.05) is 18.2 Å². The minimum atomic E-state index is -4.54. The van der Waals surface area contributed by atoms with E-state index in [4.69, 9.17) is 9.84 Å². The van der Waals surface area contributed by atoms with Crippen molar-refractivity contribution in [1.29, 1.82) is 0 Å². The van der Waals surface area contributed by atoms with Gasteiger partial charge in [0.2, 0.25) is 0 Å². The predicted molar refractivity (Wildman–Crippen MR) is 105 cm³/mol. The number of carbonyl (C=O) groups excluding carboxylic acids is 1. The summed E-state index contributed by atoms with van der Waals surface area (Å²) in [6.45, 7) is -0.889. The molecule has 1 aliphatic rings. The number of aromatic nitrogens is 1. The van der Waals surface area contributed by atoms with Crippen LogP contribution in [-0.2, 0) is 11.0 Å². The van der Waals surface area contributed by atoms with Gasteiger partial charge in [-0.2, -0.15) is 13.2 Å². The number of aromatic hydroxyl groups is 1. The van der Waals surface area contributed by atoms with E-state index >= 15 is 0 Å². The van der Waals surface area contributed by atoms with Crippen LogP contribution in [0.3, 0.4) is 0 Å². The minimum absolute atomic E-state index is 0.0965. The fourth-order valence-corrected chi connectivity index (χ4v) is 3.67. The zero-order chi connectivity index (χ0) is 23.2. The topological polar surface area (TPSA) is 118 Å². The molecule has 0 radical (unpaired) electrons. The standard InChI is InChI=1S/C21H15F3N2O6/c22-21(23,24)11-6-4-10(5-7-11)13-9-32-14-3-1-2-12-17(14)26(13)20(31)16(18(12)29)19(30)25-8-15(27)28/h1-7,13,29H,8-9H2,(H,25,30)(H,27,28)/t13-/m0/s1. The Balaban J connectivity index is 1.91. The van der Waals surface area contributed by atoms with Crippen molar-refractivity contribution in [3.05, 3.63) is 69.5 Å². The quantitative estimate of drug-likeness (QED) is 0.565. The Morgan fingerprint density at radius 2 is 1.84 bits per heavy atom.